The molecule has 8 rings (SSSR count). The molecular weight excluding hydrogens is 490 g/mol. The zero-order valence-corrected chi connectivity index (χ0v) is 21.9. The van der Waals surface area contributed by atoms with Crippen molar-refractivity contribution in [3.8, 4) is 34.0 Å². The number of fused-ring (bicyclic) bond motifs is 4. The molecule has 0 radical (unpaired) electrons. The zero-order valence-electron chi connectivity index (χ0n) is 21.9. The van der Waals surface area contributed by atoms with Gasteiger partial charge in [0.15, 0.2) is 0 Å². The number of hydrogen-bond acceptors (Lipinski definition) is 2. The van der Waals surface area contributed by atoms with Crippen LogP contribution in [0.4, 0.5) is 0 Å². The first-order valence-electron chi connectivity index (χ1n) is 13.4. The Bertz CT molecular complexity index is 2170. The Morgan fingerprint density at radius 2 is 1.45 bits per heavy atom. The maximum atomic E-state index is 5.00. The number of pyridine rings is 1. The maximum absolute atomic E-state index is 5.00. The quantitative estimate of drug-likeness (QED) is 0.237. The van der Waals surface area contributed by atoms with E-state index in [0.717, 1.165) is 56.1 Å². The second-order valence-electron chi connectivity index (χ2n) is 10.1. The summed E-state index contributed by atoms with van der Waals surface area (Å²) in [5, 5.41) is 2.42. The molecule has 0 aliphatic rings. The highest BCUT2D eigenvalue weighted by atomic mass is 15.1. The molecule has 190 valence electrons. The maximum Gasteiger partial charge on any atom is 0.140 e. The van der Waals surface area contributed by atoms with E-state index in [4.69, 9.17) is 4.98 Å². The van der Waals surface area contributed by atoms with Crippen LogP contribution in [-0.4, -0.2) is 23.7 Å². The molecule has 0 amide bonds. The van der Waals surface area contributed by atoms with E-state index in [9.17, 15) is 0 Å². The summed E-state index contributed by atoms with van der Waals surface area (Å²) in [5.74, 6) is 0.952. The van der Waals surface area contributed by atoms with Gasteiger partial charge in [-0.05, 0) is 66.7 Å². The lowest BCUT2D eigenvalue weighted by atomic mass is 10.1. The van der Waals surface area contributed by atoms with Gasteiger partial charge < -0.3 is 13.7 Å². The van der Waals surface area contributed by atoms with Crippen molar-refractivity contribution in [2.45, 2.75) is 0 Å². The van der Waals surface area contributed by atoms with E-state index in [1.54, 1.807) is 0 Å². The summed E-state index contributed by atoms with van der Waals surface area (Å²) in [6.45, 7) is 0. The fraction of sp³-hybridized carbons (Fsp3) is 0.0286. The monoisotopic (exact) mass is 515 g/mol. The molecule has 0 unspecified atom stereocenters. The lowest BCUT2D eigenvalue weighted by Gasteiger charge is -2.11. The molecule has 0 saturated heterocycles. The average Bonchev–Trinajstić information content (AvgIpc) is 3.74. The van der Waals surface area contributed by atoms with E-state index in [1.807, 2.05) is 24.4 Å². The first-order valence-corrected chi connectivity index (χ1v) is 13.4. The number of para-hydroxylation sites is 2. The highest BCUT2D eigenvalue weighted by Crippen LogP contribution is 2.38. The van der Waals surface area contributed by atoms with Gasteiger partial charge in [0.25, 0.3) is 0 Å². The van der Waals surface area contributed by atoms with Crippen LogP contribution in [0.25, 0.3) is 66.9 Å². The summed E-state index contributed by atoms with van der Waals surface area (Å²) < 4.78 is 6.74. The highest BCUT2D eigenvalue weighted by molar-refractivity contribution is 6.14. The minimum atomic E-state index is 0.952. The van der Waals surface area contributed by atoms with Crippen molar-refractivity contribution in [3.63, 3.8) is 0 Å². The normalized spacial score (nSPS) is 11.6. The Hall–Kier alpha value is -5.42. The van der Waals surface area contributed by atoms with Crippen LogP contribution in [0.5, 0.6) is 0 Å². The molecule has 0 aliphatic carbocycles. The predicted molar refractivity (Wildman–Crippen MR) is 163 cm³/mol. The molecule has 4 aromatic carbocycles. The van der Waals surface area contributed by atoms with Crippen LogP contribution in [0.1, 0.15) is 0 Å². The molecule has 4 heterocycles. The Labute approximate surface area is 231 Å². The summed E-state index contributed by atoms with van der Waals surface area (Å²) in [5.41, 5.74) is 9.78. The molecule has 5 heteroatoms. The third-order valence-electron chi connectivity index (χ3n) is 7.76. The van der Waals surface area contributed by atoms with Gasteiger partial charge in [0.05, 0.1) is 33.4 Å². The molecule has 4 aromatic heterocycles. The van der Waals surface area contributed by atoms with Crippen LogP contribution in [0, 0.1) is 0 Å². The number of rotatable bonds is 4. The van der Waals surface area contributed by atoms with Crippen LogP contribution < -0.4 is 0 Å². The number of benzene rings is 4. The van der Waals surface area contributed by atoms with E-state index in [2.05, 4.69) is 135 Å². The van der Waals surface area contributed by atoms with Gasteiger partial charge >= 0.3 is 0 Å². The molecule has 40 heavy (non-hydrogen) atoms. The topological polar surface area (TPSA) is 40.6 Å². The molecule has 0 N–H and O–H groups in total. The molecule has 0 fully saturated rings. The van der Waals surface area contributed by atoms with E-state index in [1.165, 1.54) is 10.8 Å². The second-order valence-corrected chi connectivity index (χ2v) is 10.1. The summed E-state index contributed by atoms with van der Waals surface area (Å²) in [6.07, 6.45) is 6.05. The molecule has 0 saturated carbocycles. The number of aromatic nitrogens is 5. The number of imidazole rings is 1. The van der Waals surface area contributed by atoms with Gasteiger partial charge in [-0.15, -0.1) is 0 Å². The molecule has 8 aromatic rings. The first kappa shape index (κ1) is 22.6. The van der Waals surface area contributed by atoms with Crippen LogP contribution >= 0.6 is 0 Å². The Balaban J connectivity index is 1.44. The average molecular weight is 516 g/mol. The van der Waals surface area contributed by atoms with Gasteiger partial charge in [-0.25, -0.2) is 4.98 Å². The standard InChI is InChI=1S/C35H25N5/c1-38-30-14-3-2-13-29(30)37-35(38)25-17-18-27-33(23-25)40(26-11-8-10-24(22-26)28-12-4-5-19-36-28)32-16-9-15-31(34(27)32)39-20-6-7-21-39/h2-23H,1H3. The lowest BCUT2D eigenvalue weighted by Crippen LogP contribution is -1.96. The molecule has 0 atom stereocenters. The third kappa shape index (κ3) is 3.41. The highest BCUT2D eigenvalue weighted by Gasteiger charge is 2.18. The van der Waals surface area contributed by atoms with Gasteiger partial charge in [0, 0.05) is 53.2 Å². The van der Waals surface area contributed by atoms with Crippen molar-refractivity contribution in [2.24, 2.45) is 7.05 Å². The summed E-state index contributed by atoms with van der Waals surface area (Å²) in [7, 11) is 2.09. The van der Waals surface area contributed by atoms with Gasteiger partial charge in [-0.3, -0.25) is 4.98 Å². The van der Waals surface area contributed by atoms with Crippen molar-refractivity contribution >= 4 is 32.8 Å². The van der Waals surface area contributed by atoms with Gasteiger partial charge in [-0.1, -0.05) is 48.5 Å². The van der Waals surface area contributed by atoms with E-state index >= 15 is 0 Å². The van der Waals surface area contributed by atoms with Crippen LogP contribution in [0.2, 0.25) is 0 Å². The SMILES string of the molecule is Cn1c(-c2ccc3c4c(-n5cccc5)cccc4n(-c4cccc(-c5ccccn5)c4)c3c2)nc2ccccc21. The van der Waals surface area contributed by atoms with Crippen LogP contribution in [0.3, 0.4) is 0 Å². The van der Waals surface area contributed by atoms with Crippen molar-refractivity contribution in [1.82, 2.24) is 23.7 Å². The Kier molecular flexibility index (Phi) is 4.97. The molecule has 0 spiro atoms. The van der Waals surface area contributed by atoms with Gasteiger partial charge in [-0.2, -0.15) is 0 Å². The molecule has 0 bridgehead atoms. The second kappa shape index (κ2) is 8.82. The van der Waals surface area contributed by atoms with E-state index < -0.39 is 0 Å². The van der Waals surface area contributed by atoms with Crippen molar-refractivity contribution < 1.29 is 0 Å². The fourth-order valence-corrected chi connectivity index (χ4v) is 5.92. The van der Waals surface area contributed by atoms with E-state index in [0.29, 0.717) is 0 Å². The fourth-order valence-electron chi connectivity index (χ4n) is 5.92. The smallest absolute Gasteiger partial charge is 0.140 e. The molecule has 5 nitrogen and oxygen atoms in total. The van der Waals surface area contributed by atoms with Crippen molar-refractivity contribution in [2.75, 3.05) is 0 Å². The summed E-state index contributed by atoms with van der Waals surface area (Å²) in [6, 6.07) is 40.4. The van der Waals surface area contributed by atoms with Gasteiger partial charge in [0.1, 0.15) is 5.82 Å². The minimum absolute atomic E-state index is 0.952. The van der Waals surface area contributed by atoms with Gasteiger partial charge in [0.2, 0.25) is 0 Å². The van der Waals surface area contributed by atoms with Crippen LogP contribution in [0.15, 0.2) is 134 Å². The largest absolute Gasteiger partial charge is 0.327 e. The summed E-state index contributed by atoms with van der Waals surface area (Å²) in [4.78, 5) is 9.60. The molecule has 0 aliphatic heterocycles. The summed E-state index contributed by atoms with van der Waals surface area (Å²) >= 11 is 0. The molecular formula is C35H25N5. The zero-order chi connectivity index (χ0) is 26.6. The Morgan fingerprint density at radius 3 is 2.30 bits per heavy atom. The lowest BCUT2D eigenvalue weighted by molar-refractivity contribution is 0.959. The number of aryl methyl sites for hydroxylation is 1. The third-order valence-corrected chi connectivity index (χ3v) is 7.76. The number of nitrogens with zero attached hydrogens (tertiary/aromatic N) is 5. The predicted octanol–water partition coefficient (Wildman–Crippen LogP) is 8.19. The van der Waals surface area contributed by atoms with Crippen molar-refractivity contribution in [3.05, 3.63) is 134 Å². The Morgan fingerprint density at radius 1 is 0.625 bits per heavy atom. The minimum Gasteiger partial charge on any atom is -0.327 e. The van der Waals surface area contributed by atoms with Crippen molar-refractivity contribution in [1.29, 1.82) is 0 Å². The number of hydrogen-bond donors (Lipinski definition) is 0. The van der Waals surface area contributed by atoms with Crippen LogP contribution in [-0.2, 0) is 7.05 Å². The first-order chi connectivity index (χ1) is 19.8. The van der Waals surface area contributed by atoms with E-state index in [-0.39, 0.29) is 0 Å².